The van der Waals surface area contributed by atoms with Crippen LogP contribution in [0.25, 0.3) is 0 Å². The van der Waals surface area contributed by atoms with E-state index >= 15 is 0 Å². The van der Waals surface area contributed by atoms with Crippen LogP contribution in [0.3, 0.4) is 0 Å². The Morgan fingerprint density at radius 3 is 2.00 bits per heavy atom. The van der Waals surface area contributed by atoms with E-state index in [2.05, 4.69) is 63.8 Å². The van der Waals surface area contributed by atoms with Crippen LogP contribution in [0.5, 0.6) is 0 Å². The summed E-state index contributed by atoms with van der Waals surface area (Å²) in [6.45, 7) is 13.3. The normalized spacial score (nSPS) is 13.8. The van der Waals surface area contributed by atoms with Gasteiger partial charge in [0.15, 0.2) is 0 Å². The fraction of sp³-hybridized carbons (Fsp3) is 0.647. The standard InChI is InChI=1S/C17H30N2/c1-6-17(7-2,19(8-3)9-4)16(18)15-13-11-10-12-14(15)5/h10-13,16H,6-9,18H2,1-5H3. The summed E-state index contributed by atoms with van der Waals surface area (Å²) in [6.07, 6.45) is 2.17. The highest BCUT2D eigenvalue weighted by atomic mass is 15.2. The summed E-state index contributed by atoms with van der Waals surface area (Å²) in [6, 6.07) is 8.60. The largest absolute Gasteiger partial charge is 0.322 e. The Morgan fingerprint density at radius 1 is 1.05 bits per heavy atom. The number of nitrogens with zero attached hydrogens (tertiary/aromatic N) is 1. The van der Waals surface area contributed by atoms with Crippen LogP contribution in [0.2, 0.25) is 0 Å². The third kappa shape index (κ3) is 3.01. The van der Waals surface area contributed by atoms with E-state index in [0.717, 1.165) is 25.9 Å². The zero-order valence-electron chi connectivity index (χ0n) is 13.2. The van der Waals surface area contributed by atoms with Crippen LogP contribution in [0, 0.1) is 6.92 Å². The van der Waals surface area contributed by atoms with E-state index in [9.17, 15) is 0 Å². The lowest BCUT2D eigenvalue weighted by Gasteiger charge is -2.47. The number of nitrogens with two attached hydrogens (primary N) is 1. The molecule has 0 bridgehead atoms. The zero-order valence-corrected chi connectivity index (χ0v) is 13.2. The maximum Gasteiger partial charge on any atom is 0.0484 e. The molecule has 2 heteroatoms. The lowest BCUT2D eigenvalue weighted by Crippen LogP contribution is -2.54. The van der Waals surface area contributed by atoms with Gasteiger partial charge in [0.2, 0.25) is 0 Å². The zero-order chi connectivity index (χ0) is 14.5. The van der Waals surface area contributed by atoms with Crippen LogP contribution >= 0.6 is 0 Å². The van der Waals surface area contributed by atoms with Crippen molar-refractivity contribution in [1.29, 1.82) is 0 Å². The second-order valence-corrected chi connectivity index (χ2v) is 5.32. The Morgan fingerprint density at radius 2 is 1.58 bits per heavy atom. The van der Waals surface area contributed by atoms with Gasteiger partial charge in [0.05, 0.1) is 0 Å². The van der Waals surface area contributed by atoms with Crippen molar-refractivity contribution in [2.75, 3.05) is 13.1 Å². The lowest BCUT2D eigenvalue weighted by atomic mass is 9.78. The van der Waals surface area contributed by atoms with Gasteiger partial charge in [-0.3, -0.25) is 4.90 Å². The molecule has 0 aliphatic rings. The van der Waals surface area contributed by atoms with Crippen LogP contribution in [-0.2, 0) is 0 Å². The first kappa shape index (κ1) is 16.2. The van der Waals surface area contributed by atoms with E-state index in [1.807, 2.05) is 0 Å². The molecule has 19 heavy (non-hydrogen) atoms. The molecule has 0 fully saturated rings. The van der Waals surface area contributed by atoms with Gasteiger partial charge in [-0.25, -0.2) is 0 Å². The molecule has 0 aliphatic heterocycles. The lowest BCUT2D eigenvalue weighted by molar-refractivity contribution is 0.0623. The maximum absolute atomic E-state index is 6.71. The minimum Gasteiger partial charge on any atom is -0.322 e. The summed E-state index contributed by atoms with van der Waals surface area (Å²) < 4.78 is 0. The first-order valence-electron chi connectivity index (χ1n) is 7.63. The second kappa shape index (κ2) is 7.06. The van der Waals surface area contributed by atoms with Gasteiger partial charge in [0.1, 0.15) is 0 Å². The number of likely N-dealkylation sites (N-methyl/N-ethyl adjacent to an activating group) is 1. The van der Waals surface area contributed by atoms with Crippen molar-refractivity contribution in [3.8, 4) is 0 Å². The van der Waals surface area contributed by atoms with E-state index in [1.54, 1.807) is 0 Å². The fourth-order valence-corrected chi connectivity index (χ4v) is 3.41. The van der Waals surface area contributed by atoms with Crippen molar-refractivity contribution in [3.63, 3.8) is 0 Å². The van der Waals surface area contributed by atoms with E-state index in [1.165, 1.54) is 11.1 Å². The third-order valence-corrected chi connectivity index (χ3v) is 4.72. The van der Waals surface area contributed by atoms with E-state index < -0.39 is 0 Å². The molecule has 1 unspecified atom stereocenters. The third-order valence-electron chi connectivity index (χ3n) is 4.72. The number of hydrogen-bond donors (Lipinski definition) is 1. The molecule has 108 valence electrons. The molecule has 0 spiro atoms. The molecule has 0 heterocycles. The van der Waals surface area contributed by atoms with Crippen LogP contribution in [0.15, 0.2) is 24.3 Å². The van der Waals surface area contributed by atoms with Gasteiger partial charge in [0, 0.05) is 11.6 Å². The quantitative estimate of drug-likeness (QED) is 0.807. The summed E-state index contributed by atoms with van der Waals surface area (Å²) >= 11 is 0. The van der Waals surface area contributed by atoms with Gasteiger partial charge in [-0.2, -0.15) is 0 Å². The Labute approximate surface area is 119 Å². The Hall–Kier alpha value is -0.860. The van der Waals surface area contributed by atoms with Crippen LogP contribution in [-0.4, -0.2) is 23.5 Å². The highest BCUT2D eigenvalue weighted by molar-refractivity contribution is 5.31. The first-order chi connectivity index (χ1) is 9.07. The minimum atomic E-state index is 0.0651. The van der Waals surface area contributed by atoms with Crippen molar-refractivity contribution in [1.82, 2.24) is 4.90 Å². The SMILES string of the molecule is CCN(CC)C(CC)(CC)C(N)c1ccccc1C. The topological polar surface area (TPSA) is 29.3 Å². The molecule has 2 N–H and O–H groups in total. The van der Waals surface area contributed by atoms with Crippen LogP contribution < -0.4 is 5.73 Å². The fourth-order valence-electron chi connectivity index (χ4n) is 3.41. The molecule has 0 radical (unpaired) electrons. The number of aryl methyl sites for hydroxylation is 1. The molecule has 0 amide bonds. The van der Waals surface area contributed by atoms with Gasteiger partial charge < -0.3 is 5.73 Å². The average Bonchev–Trinajstić information content (AvgIpc) is 2.44. The number of rotatable bonds is 7. The van der Waals surface area contributed by atoms with Crippen molar-refractivity contribution >= 4 is 0 Å². The smallest absolute Gasteiger partial charge is 0.0484 e. The predicted octanol–water partition coefficient (Wildman–Crippen LogP) is 3.90. The van der Waals surface area contributed by atoms with Gasteiger partial charge >= 0.3 is 0 Å². The van der Waals surface area contributed by atoms with Crippen LogP contribution in [0.4, 0.5) is 0 Å². The van der Waals surface area contributed by atoms with Crippen LogP contribution in [0.1, 0.15) is 57.7 Å². The van der Waals surface area contributed by atoms with E-state index in [-0.39, 0.29) is 11.6 Å². The Kier molecular flexibility index (Phi) is 6.02. The summed E-state index contributed by atoms with van der Waals surface area (Å²) in [5, 5.41) is 0. The molecule has 0 saturated heterocycles. The minimum absolute atomic E-state index is 0.0651. The molecule has 0 aromatic heterocycles. The summed E-state index contributed by atoms with van der Waals surface area (Å²) in [5.74, 6) is 0. The molecular formula is C17H30N2. The van der Waals surface area contributed by atoms with Crippen molar-refractivity contribution in [2.45, 2.75) is 59.0 Å². The number of benzene rings is 1. The molecule has 0 saturated carbocycles. The average molecular weight is 262 g/mol. The van der Waals surface area contributed by atoms with Crippen molar-refractivity contribution in [2.24, 2.45) is 5.73 Å². The van der Waals surface area contributed by atoms with E-state index in [0.29, 0.717) is 0 Å². The molecule has 1 aromatic carbocycles. The predicted molar refractivity (Wildman–Crippen MR) is 84.3 cm³/mol. The molecule has 1 rings (SSSR count). The van der Waals surface area contributed by atoms with Crippen molar-refractivity contribution < 1.29 is 0 Å². The highest BCUT2D eigenvalue weighted by Gasteiger charge is 2.38. The number of hydrogen-bond acceptors (Lipinski definition) is 2. The summed E-state index contributed by atoms with van der Waals surface area (Å²) in [5.41, 5.74) is 9.36. The molecule has 1 atom stereocenters. The second-order valence-electron chi connectivity index (χ2n) is 5.32. The molecule has 2 nitrogen and oxygen atoms in total. The monoisotopic (exact) mass is 262 g/mol. The Balaban J connectivity index is 3.22. The molecule has 0 aliphatic carbocycles. The molecule has 1 aromatic rings. The summed E-state index contributed by atoms with van der Waals surface area (Å²) in [4.78, 5) is 2.53. The Bertz CT molecular complexity index is 379. The maximum atomic E-state index is 6.71. The summed E-state index contributed by atoms with van der Waals surface area (Å²) in [7, 11) is 0. The highest BCUT2D eigenvalue weighted by Crippen LogP contribution is 2.36. The van der Waals surface area contributed by atoms with Gasteiger partial charge in [-0.1, -0.05) is 52.0 Å². The van der Waals surface area contributed by atoms with E-state index in [4.69, 9.17) is 5.73 Å². The van der Waals surface area contributed by atoms with Gasteiger partial charge in [0.25, 0.3) is 0 Å². The van der Waals surface area contributed by atoms with Gasteiger partial charge in [-0.05, 0) is 44.0 Å². The first-order valence-corrected chi connectivity index (χ1v) is 7.63. The van der Waals surface area contributed by atoms with Gasteiger partial charge in [-0.15, -0.1) is 0 Å². The molecular weight excluding hydrogens is 232 g/mol. The van der Waals surface area contributed by atoms with Crippen molar-refractivity contribution in [3.05, 3.63) is 35.4 Å².